The number of benzene rings is 3. The number of fused-ring (bicyclic) bond motifs is 1. The molecule has 7 heteroatoms. The predicted molar refractivity (Wildman–Crippen MR) is 183 cm³/mol. The third-order valence-electron chi connectivity index (χ3n) is 8.82. The Balaban J connectivity index is 1.67. The third-order valence-corrected chi connectivity index (χ3v) is 8.82. The summed E-state index contributed by atoms with van der Waals surface area (Å²) in [7, 11) is 7.47. The van der Waals surface area contributed by atoms with Gasteiger partial charge < -0.3 is 19.6 Å². The highest BCUT2D eigenvalue weighted by Gasteiger charge is 2.39. The highest BCUT2D eigenvalue weighted by molar-refractivity contribution is 5.95. The number of allylic oxidation sites excluding steroid dienone is 1. The number of hydrogen-bond acceptors (Lipinski definition) is 4. The van der Waals surface area contributed by atoms with Crippen LogP contribution in [0.25, 0.3) is 10.8 Å². The topological polar surface area (TPSA) is 64.2 Å². The van der Waals surface area contributed by atoms with Crippen molar-refractivity contribution in [3.8, 4) is 0 Å². The van der Waals surface area contributed by atoms with Crippen LogP contribution in [-0.2, 0) is 27.2 Å². The molecule has 3 atom stereocenters. The normalized spacial score (nSPS) is 16.4. The van der Waals surface area contributed by atoms with Crippen molar-refractivity contribution in [2.75, 3.05) is 41.3 Å². The number of rotatable bonds is 13. The molecule has 0 aliphatic carbocycles. The summed E-state index contributed by atoms with van der Waals surface area (Å²) in [5.41, 5.74) is 1.95. The maximum Gasteiger partial charge on any atom is 0.246 e. The molecule has 0 N–H and O–H groups in total. The van der Waals surface area contributed by atoms with E-state index in [4.69, 9.17) is 0 Å². The second kappa shape index (κ2) is 15.8. The number of carbonyl (C=O) groups excluding carboxylic acids is 3. The Morgan fingerprint density at radius 3 is 2.18 bits per heavy atom. The minimum absolute atomic E-state index is 0.0330. The van der Waals surface area contributed by atoms with E-state index in [0.717, 1.165) is 47.7 Å². The van der Waals surface area contributed by atoms with Gasteiger partial charge in [-0.15, -0.1) is 0 Å². The summed E-state index contributed by atoms with van der Waals surface area (Å²) in [5.74, 6) is -0.0740. The smallest absolute Gasteiger partial charge is 0.246 e. The van der Waals surface area contributed by atoms with Crippen LogP contribution in [0.5, 0.6) is 0 Å². The van der Waals surface area contributed by atoms with E-state index in [1.54, 1.807) is 30.0 Å². The first-order valence-corrected chi connectivity index (χ1v) is 16.2. The molecule has 1 aliphatic rings. The van der Waals surface area contributed by atoms with E-state index in [2.05, 4.69) is 43.0 Å². The van der Waals surface area contributed by atoms with Crippen LogP contribution in [0.15, 0.2) is 84.9 Å². The van der Waals surface area contributed by atoms with Crippen LogP contribution < -0.4 is 0 Å². The monoisotopic (exact) mass is 610 g/mol. The molecule has 0 aromatic heterocycles. The predicted octanol–water partition coefficient (Wildman–Crippen LogP) is 5.43. The summed E-state index contributed by atoms with van der Waals surface area (Å²) in [6.45, 7) is 5.68. The molecule has 240 valence electrons. The summed E-state index contributed by atoms with van der Waals surface area (Å²) in [6.07, 6.45) is 6.87. The Hall–Kier alpha value is -3.97. The highest BCUT2D eigenvalue weighted by Crippen LogP contribution is 2.24. The van der Waals surface area contributed by atoms with Gasteiger partial charge in [-0.1, -0.05) is 92.7 Å². The van der Waals surface area contributed by atoms with Crippen LogP contribution in [0.4, 0.5) is 0 Å². The first-order valence-electron chi connectivity index (χ1n) is 16.2. The van der Waals surface area contributed by atoms with E-state index in [1.165, 1.54) is 0 Å². The summed E-state index contributed by atoms with van der Waals surface area (Å²) < 4.78 is 0. The lowest BCUT2D eigenvalue weighted by molar-refractivity contribution is -0.149. The van der Waals surface area contributed by atoms with Crippen LogP contribution in [0, 0.1) is 5.92 Å². The summed E-state index contributed by atoms with van der Waals surface area (Å²) in [6, 6.07) is 22.8. The standard InChI is InChI=1S/C38H50N4O3/c1-28(2)14-12-20-36(43)40(5)34(26-30-21-22-31-17-10-11-18-32(31)24-30)37(44)41(6)35(25-29-15-8-7-9-16-29)38(45)42-23-13-19-33(42)27-39(3)4/h7-12,15-18,20-22,24,28,33-35H,13-14,19,23,25-27H2,1-6H3/t33-,34+,35+/m0/s1. The van der Waals surface area contributed by atoms with Crippen molar-refractivity contribution in [3.05, 3.63) is 96.1 Å². The Morgan fingerprint density at radius 1 is 0.822 bits per heavy atom. The van der Waals surface area contributed by atoms with Gasteiger partial charge in [0.2, 0.25) is 17.7 Å². The van der Waals surface area contributed by atoms with Crippen LogP contribution in [0.2, 0.25) is 0 Å². The molecule has 1 aliphatic heterocycles. The van der Waals surface area contributed by atoms with Crippen molar-refractivity contribution in [3.63, 3.8) is 0 Å². The quantitative estimate of drug-likeness (QED) is 0.242. The van der Waals surface area contributed by atoms with Crippen molar-refractivity contribution >= 4 is 28.5 Å². The van der Waals surface area contributed by atoms with Gasteiger partial charge in [0.05, 0.1) is 0 Å². The molecule has 3 aromatic carbocycles. The summed E-state index contributed by atoms with van der Waals surface area (Å²) in [4.78, 5) is 49.6. The summed E-state index contributed by atoms with van der Waals surface area (Å²) >= 11 is 0. The van der Waals surface area contributed by atoms with E-state index >= 15 is 0 Å². The largest absolute Gasteiger partial charge is 0.337 e. The molecule has 45 heavy (non-hydrogen) atoms. The fourth-order valence-corrected chi connectivity index (χ4v) is 6.24. The molecule has 3 amide bonds. The van der Waals surface area contributed by atoms with Crippen LogP contribution in [0.1, 0.15) is 44.2 Å². The molecule has 0 bridgehead atoms. The number of amides is 3. The number of carbonyl (C=O) groups is 3. The van der Waals surface area contributed by atoms with E-state index in [-0.39, 0.29) is 23.8 Å². The zero-order chi connectivity index (χ0) is 32.5. The van der Waals surface area contributed by atoms with Crippen LogP contribution in [-0.4, -0.2) is 96.7 Å². The molecular formula is C38H50N4O3. The van der Waals surface area contributed by atoms with Gasteiger partial charge in [-0.05, 0) is 67.3 Å². The molecule has 0 saturated carbocycles. The average Bonchev–Trinajstić information content (AvgIpc) is 3.48. The first-order chi connectivity index (χ1) is 21.5. The minimum atomic E-state index is -0.783. The van der Waals surface area contributed by atoms with E-state index in [1.807, 2.05) is 73.6 Å². The second-order valence-electron chi connectivity index (χ2n) is 13.1. The van der Waals surface area contributed by atoms with Crippen LogP contribution in [0.3, 0.4) is 0 Å². The van der Waals surface area contributed by atoms with Gasteiger partial charge in [0.25, 0.3) is 0 Å². The van der Waals surface area contributed by atoms with Gasteiger partial charge in [-0.2, -0.15) is 0 Å². The molecule has 1 saturated heterocycles. The Labute approximate surface area is 269 Å². The average molecular weight is 611 g/mol. The van der Waals surface area contributed by atoms with E-state index in [9.17, 15) is 14.4 Å². The van der Waals surface area contributed by atoms with E-state index < -0.39 is 12.1 Å². The van der Waals surface area contributed by atoms with Crippen molar-refractivity contribution in [1.82, 2.24) is 19.6 Å². The fourth-order valence-electron chi connectivity index (χ4n) is 6.24. The molecule has 0 radical (unpaired) electrons. The minimum Gasteiger partial charge on any atom is -0.337 e. The lowest BCUT2D eigenvalue weighted by Crippen LogP contribution is -2.57. The Bertz CT molecular complexity index is 1470. The van der Waals surface area contributed by atoms with Crippen LogP contribution >= 0.6 is 0 Å². The van der Waals surface area contributed by atoms with Gasteiger partial charge in [0.1, 0.15) is 12.1 Å². The third kappa shape index (κ3) is 9.04. The fraction of sp³-hybridized carbons (Fsp3) is 0.447. The molecule has 0 unspecified atom stereocenters. The number of likely N-dealkylation sites (tertiary alicyclic amines) is 1. The zero-order valence-corrected chi connectivity index (χ0v) is 27.9. The summed E-state index contributed by atoms with van der Waals surface area (Å²) in [5, 5.41) is 2.20. The second-order valence-corrected chi connectivity index (χ2v) is 13.1. The number of hydrogen-bond donors (Lipinski definition) is 0. The highest BCUT2D eigenvalue weighted by atomic mass is 16.2. The molecule has 1 heterocycles. The molecule has 1 fully saturated rings. The molecule has 3 aromatic rings. The molecular weight excluding hydrogens is 560 g/mol. The van der Waals surface area contributed by atoms with Gasteiger partial charge >= 0.3 is 0 Å². The molecule has 4 rings (SSSR count). The number of nitrogens with zero attached hydrogens (tertiary/aromatic N) is 4. The van der Waals surface area contributed by atoms with Gasteiger partial charge in [-0.3, -0.25) is 14.4 Å². The SMILES string of the molecule is CC(C)CC=CC(=O)N(C)[C@H](Cc1ccc2ccccc2c1)C(=O)N(C)[C@H](Cc1ccccc1)C(=O)N1CCC[C@H]1CN(C)C. The Kier molecular flexibility index (Phi) is 11.9. The maximum atomic E-state index is 14.6. The van der Waals surface area contributed by atoms with Gasteiger partial charge in [0.15, 0.2) is 0 Å². The number of likely N-dealkylation sites (N-methyl/N-ethyl adjacent to an activating group) is 3. The van der Waals surface area contributed by atoms with E-state index in [0.29, 0.717) is 25.3 Å². The van der Waals surface area contributed by atoms with Crippen molar-refractivity contribution < 1.29 is 14.4 Å². The van der Waals surface area contributed by atoms with Crippen molar-refractivity contribution in [1.29, 1.82) is 0 Å². The van der Waals surface area contributed by atoms with Gasteiger partial charge in [-0.25, -0.2) is 0 Å². The molecule has 7 nitrogen and oxygen atoms in total. The zero-order valence-electron chi connectivity index (χ0n) is 27.9. The first kappa shape index (κ1) is 33.9. The lowest BCUT2D eigenvalue weighted by Gasteiger charge is -2.37. The van der Waals surface area contributed by atoms with Crippen molar-refractivity contribution in [2.45, 2.75) is 64.1 Å². The van der Waals surface area contributed by atoms with Gasteiger partial charge in [0, 0.05) is 46.1 Å². The maximum absolute atomic E-state index is 14.6. The van der Waals surface area contributed by atoms with Crippen molar-refractivity contribution in [2.24, 2.45) is 5.92 Å². The Morgan fingerprint density at radius 2 is 1.49 bits per heavy atom. The molecule has 0 spiro atoms. The lowest BCUT2D eigenvalue weighted by atomic mass is 9.98.